The number of rotatable bonds is 5. The molecule has 4 rings (SSSR count). The van der Waals surface area contributed by atoms with Crippen LogP contribution in [0, 0.1) is 5.92 Å². The van der Waals surface area contributed by atoms with E-state index in [1.54, 1.807) is 0 Å². The van der Waals surface area contributed by atoms with E-state index in [0.29, 0.717) is 19.0 Å². The second kappa shape index (κ2) is 6.42. The molecule has 0 saturated carbocycles. The molecule has 3 aliphatic rings. The molecule has 0 aliphatic carbocycles. The van der Waals surface area contributed by atoms with Gasteiger partial charge >= 0.3 is 0 Å². The van der Waals surface area contributed by atoms with Crippen molar-refractivity contribution in [1.29, 1.82) is 0 Å². The standard InChI is InChI=1S/C18H23NO3/c1-3-21-16-6-5-13(12-17(16)22-4-2)11-15-18(20)14-7-9-19(15)10-8-14/h5-6,11-12,14H,3-4,7-10H2,1-2H3/b15-11-. The molecule has 1 aromatic carbocycles. The maximum Gasteiger partial charge on any atom is 0.182 e. The van der Waals surface area contributed by atoms with Crippen molar-refractivity contribution < 1.29 is 14.3 Å². The van der Waals surface area contributed by atoms with Crippen molar-refractivity contribution in [3.8, 4) is 11.5 Å². The van der Waals surface area contributed by atoms with E-state index in [4.69, 9.17) is 9.47 Å². The van der Waals surface area contributed by atoms with E-state index in [1.165, 1.54) is 0 Å². The highest BCUT2D eigenvalue weighted by Crippen LogP contribution is 2.34. The normalized spacial score (nSPS) is 19.8. The van der Waals surface area contributed by atoms with Crippen molar-refractivity contribution in [3.05, 3.63) is 29.5 Å². The van der Waals surface area contributed by atoms with Crippen LogP contribution >= 0.6 is 0 Å². The van der Waals surface area contributed by atoms with Crippen LogP contribution in [0.2, 0.25) is 0 Å². The first kappa shape index (κ1) is 14.9. The van der Waals surface area contributed by atoms with E-state index >= 15 is 0 Å². The Morgan fingerprint density at radius 1 is 1.14 bits per heavy atom. The van der Waals surface area contributed by atoms with Crippen LogP contribution in [0.15, 0.2) is 23.9 Å². The summed E-state index contributed by atoms with van der Waals surface area (Å²) in [6.45, 7) is 7.10. The van der Waals surface area contributed by atoms with E-state index in [0.717, 1.165) is 48.7 Å². The Kier molecular flexibility index (Phi) is 4.36. The van der Waals surface area contributed by atoms with Crippen molar-refractivity contribution in [1.82, 2.24) is 4.90 Å². The predicted octanol–water partition coefficient (Wildman–Crippen LogP) is 3.12. The van der Waals surface area contributed by atoms with Crippen LogP contribution < -0.4 is 9.47 Å². The molecule has 0 atom stereocenters. The summed E-state index contributed by atoms with van der Waals surface area (Å²) in [5, 5.41) is 0. The highest BCUT2D eigenvalue weighted by Gasteiger charge is 2.36. The number of fused-ring (bicyclic) bond motifs is 3. The van der Waals surface area contributed by atoms with Gasteiger partial charge in [0.05, 0.1) is 18.9 Å². The van der Waals surface area contributed by atoms with Gasteiger partial charge in [0.15, 0.2) is 17.3 Å². The molecule has 4 nitrogen and oxygen atoms in total. The van der Waals surface area contributed by atoms with Crippen LogP contribution in [0.5, 0.6) is 11.5 Å². The van der Waals surface area contributed by atoms with Crippen LogP contribution in [0.3, 0.4) is 0 Å². The summed E-state index contributed by atoms with van der Waals surface area (Å²) in [7, 11) is 0. The van der Waals surface area contributed by atoms with Crippen molar-refractivity contribution in [2.45, 2.75) is 26.7 Å². The highest BCUT2D eigenvalue weighted by atomic mass is 16.5. The smallest absolute Gasteiger partial charge is 0.182 e. The summed E-state index contributed by atoms with van der Waals surface area (Å²) in [6, 6.07) is 5.86. The lowest BCUT2D eigenvalue weighted by atomic mass is 9.84. The first-order valence-corrected chi connectivity index (χ1v) is 8.13. The molecular weight excluding hydrogens is 278 g/mol. The van der Waals surface area contributed by atoms with Gasteiger partial charge in [0, 0.05) is 19.0 Å². The topological polar surface area (TPSA) is 38.8 Å². The Balaban J connectivity index is 1.90. The third-order valence-electron chi connectivity index (χ3n) is 4.33. The molecule has 2 bridgehead atoms. The zero-order valence-corrected chi connectivity index (χ0v) is 13.3. The largest absolute Gasteiger partial charge is 0.490 e. The Bertz CT molecular complexity index is 586. The summed E-state index contributed by atoms with van der Waals surface area (Å²) >= 11 is 0. The number of carbonyl (C=O) groups is 1. The number of nitrogens with zero attached hydrogens (tertiary/aromatic N) is 1. The highest BCUT2D eigenvalue weighted by molar-refractivity contribution is 6.01. The molecule has 0 aromatic heterocycles. The van der Waals surface area contributed by atoms with Gasteiger partial charge in [0.1, 0.15) is 0 Å². The fourth-order valence-corrected chi connectivity index (χ4v) is 3.23. The molecule has 0 radical (unpaired) electrons. The molecule has 3 heterocycles. The van der Waals surface area contributed by atoms with Crippen molar-refractivity contribution in [2.24, 2.45) is 5.92 Å². The maximum atomic E-state index is 12.4. The number of hydrogen-bond donors (Lipinski definition) is 0. The van der Waals surface area contributed by atoms with Crippen LogP contribution in [0.25, 0.3) is 6.08 Å². The van der Waals surface area contributed by atoms with Crippen molar-refractivity contribution in [2.75, 3.05) is 26.3 Å². The third-order valence-corrected chi connectivity index (χ3v) is 4.33. The summed E-state index contributed by atoms with van der Waals surface area (Å²) in [4.78, 5) is 14.6. The number of ketones is 1. The Morgan fingerprint density at radius 3 is 2.45 bits per heavy atom. The minimum Gasteiger partial charge on any atom is -0.490 e. The van der Waals surface area contributed by atoms with Crippen molar-refractivity contribution >= 4 is 11.9 Å². The number of allylic oxidation sites excluding steroid dienone is 1. The monoisotopic (exact) mass is 301 g/mol. The average Bonchev–Trinajstić information content (AvgIpc) is 2.54. The van der Waals surface area contributed by atoms with Crippen molar-refractivity contribution in [3.63, 3.8) is 0 Å². The molecule has 3 saturated heterocycles. The first-order chi connectivity index (χ1) is 10.7. The van der Waals surface area contributed by atoms with Crippen LogP contribution in [0.1, 0.15) is 32.3 Å². The maximum absolute atomic E-state index is 12.4. The van der Waals surface area contributed by atoms with Gasteiger partial charge in [-0.3, -0.25) is 4.79 Å². The molecule has 3 aliphatic heterocycles. The van der Waals surface area contributed by atoms with E-state index in [2.05, 4.69) is 4.90 Å². The Morgan fingerprint density at radius 2 is 1.82 bits per heavy atom. The van der Waals surface area contributed by atoms with E-state index in [-0.39, 0.29) is 5.92 Å². The number of carbonyl (C=O) groups excluding carboxylic acids is 1. The minimum absolute atomic E-state index is 0.227. The van der Waals surface area contributed by atoms with Gasteiger partial charge in [-0.15, -0.1) is 0 Å². The molecule has 0 amide bonds. The SMILES string of the molecule is CCOc1ccc(/C=C2/C(=O)C3CCN2CC3)cc1OCC. The molecule has 1 aromatic rings. The molecular formula is C18H23NO3. The minimum atomic E-state index is 0.227. The zero-order valence-electron chi connectivity index (χ0n) is 13.3. The number of benzene rings is 1. The summed E-state index contributed by atoms with van der Waals surface area (Å²) in [5.41, 5.74) is 1.84. The predicted molar refractivity (Wildman–Crippen MR) is 86.1 cm³/mol. The summed E-state index contributed by atoms with van der Waals surface area (Å²) in [5.74, 6) is 2.01. The van der Waals surface area contributed by atoms with E-state index in [9.17, 15) is 4.79 Å². The number of Topliss-reactive ketones (excluding diaryl/α,β-unsaturated/α-hetero) is 1. The van der Waals surface area contributed by atoms with Gasteiger partial charge in [-0.1, -0.05) is 6.07 Å². The Hall–Kier alpha value is -1.97. The lowest BCUT2D eigenvalue weighted by molar-refractivity contribution is -0.125. The molecule has 22 heavy (non-hydrogen) atoms. The number of hydrogen-bond acceptors (Lipinski definition) is 4. The quantitative estimate of drug-likeness (QED) is 0.783. The van der Waals surface area contributed by atoms with Crippen LogP contribution in [0.4, 0.5) is 0 Å². The number of piperidine rings is 3. The fourth-order valence-electron chi connectivity index (χ4n) is 3.23. The van der Waals surface area contributed by atoms with Gasteiger partial charge < -0.3 is 14.4 Å². The lowest BCUT2D eigenvalue weighted by Gasteiger charge is -2.41. The van der Waals surface area contributed by atoms with Gasteiger partial charge in [-0.25, -0.2) is 0 Å². The molecule has 3 fully saturated rings. The van der Waals surface area contributed by atoms with Gasteiger partial charge in [0.2, 0.25) is 0 Å². The Labute approximate surface area is 131 Å². The van der Waals surface area contributed by atoms with E-state index in [1.807, 2.05) is 38.1 Å². The van der Waals surface area contributed by atoms with E-state index < -0.39 is 0 Å². The van der Waals surface area contributed by atoms with Gasteiger partial charge in [-0.2, -0.15) is 0 Å². The molecule has 0 spiro atoms. The third kappa shape index (κ3) is 2.82. The molecule has 0 unspecified atom stereocenters. The zero-order chi connectivity index (χ0) is 15.5. The lowest BCUT2D eigenvalue weighted by Crippen LogP contribution is -2.45. The summed E-state index contributed by atoms with van der Waals surface area (Å²) in [6.07, 6.45) is 4.00. The van der Waals surface area contributed by atoms with Crippen LogP contribution in [-0.4, -0.2) is 37.0 Å². The second-order valence-corrected chi connectivity index (χ2v) is 5.73. The second-order valence-electron chi connectivity index (χ2n) is 5.73. The fraction of sp³-hybridized carbons (Fsp3) is 0.500. The first-order valence-electron chi connectivity index (χ1n) is 8.13. The van der Waals surface area contributed by atoms with Gasteiger partial charge in [0.25, 0.3) is 0 Å². The summed E-state index contributed by atoms with van der Waals surface area (Å²) < 4.78 is 11.2. The molecule has 4 heteroatoms. The molecule has 0 N–H and O–H groups in total. The molecule has 118 valence electrons. The average molecular weight is 301 g/mol. The van der Waals surface area contributed by atoms with Crippen LogP contribution in [-0.2, 0) is 4.79 Å². The van der Waals surface area contributed by atoms with Gasteiger partial charge in [-0.05, 0) is 50.5 Å². The number of ether oxygens (including phenoxy) is 2.